The first-order valence-corrected chi connectivity index (χ1v) is 7.99. The van der Waals surface area contributed by atoms with Crippen LogP contribution in [0.1, 0.15) is 5.69 Å². The first kappa shape index (κ1) is 13.1. The molecule has 17 heavy (non-hydrogen) atoms. The van der Waals surface area contributed by atoms with E-state index in [1.165, 1.54) is 0 Å². The van der Waals surface area contributed by atoms with Crippen LogP contribution in [0.25, 0.3) is 10.9 Å². The van der Waals surface area contributed by atoms with Gasteiger partial charge in [-0.15, -0.1) is 0 Å². The Kier molecular flexibility index (Phi) is 3.38. The molecule has 0 amide bonds. The number of aromatic nitrogens is 1. The van der Waals surface area contributed by atoms with Crippen molar-refractivity contribution < 1.29 is 8.42 Å². The van der Waals surface area contributed by atoms with Crippen molar-refractivity contribution in [3.63, 3.8) is 0 Å². The minimum atomic E-state index is -3.90. The first-order chi connectivity index (χ1) is 7.80. The highest BCUT2D eigenvalue weighted by atomic mass is 79.9. The molecule has 0 unspecified atom stereocenters. The Morgan fingerprint density at radius 2 is 2.00 bits per heavy atom. The Balaban J connectivity index is 2.96. The molecule has 0 saturated carbocycles. The molecule has 3 nitrogen and oxygen atoms in total. The number of fused-ring (bicyclic) bond motifs is 1. The second-order valence-corrected chi connectivity index (χ2v) is 7.24. The highest BCUT2D eigenvalue weighted by Crippen LogP contribution is 2.34. The second-order valence-electron chi connectivity index (χ2n) is 3.44. The fourth-order valence-corrected chi connectivity index (χ4v) is 3.94. The third-order valence-corrected chi connectivity index (χ3v) is 4.70. The van der Waals surface area contributed by atoms with Crippen LogP contribution < -0.4 is 0 Å². The van der Waals surface area contributed by atoms with Gasteiger partial charge in [0.1, 0.15) is 4.90 Å². The van der Waals surface area contributed by atoms with Crippen LogP contribution in [0.2, 0.25) is 5.02 Å². The second kappa shape index (κ2) is 4.39. The summed E-state index contributed by atoms with van der Waals surface area (Å²) >= 11 is 9.38. The Hall–Kier alpha value is -0.360. The van der Waals surface area contributed by atoms with E-state index in [1.54, 1.807) is 25.1 Å². The maximum absolute atomic E-state index is 11.4. The largest absolute Gasteiger partial charge is 0.264 e. The van der Waals surface area contributed by atoms with Gasteiger partial charge in [0.05, 0.1) is 16.2 Å². The van der Waals surface area contributed by atoms with Gasteiger partial charge >= 0.3 is 0 Å². The lowest BCUT2D eigenvalue weighted by atomic mass is 10.2. The molecular formula is C10H6BrCl2NO2S. The third kappa shape index (κ3) is 2.42. The molecule has 2 rings (SSSR count). The van der Waals surface area contributed by atoms with E-state index in [2.05, 4.69) is 20.9 Å². The third-order valence-electron chi connectivity index (χ3n) is 2.26. The molecular weight excluding hydrogens is 349 g/mol. The molecule has 0 radical (unpaired) electrons. The number of benzene rings is 1. The molecule has 0 bridgehead atoms. The van der Waals surface area contributed by atoms with E-state index in [-0.39, 0.29) is 15.6 Å². The summed E-state index contributed by atoms with van der Waals surface area (Å²) < 4.78 is 23.7. The van der Waals surface area contributed by atoms with Crippen molar-refractivity contribution in [1.82, 2.24) is 4.98 Å². The zero-order chi connectivity index (χ0) is 12.8. The summed E-state index contributed by atoms with van der Waals surface area (Å²) in [6.45, 7) is 1.56. The Morgan fingerprint density at radius 3 is 2.59 bits per heavy atom. The standard InChI is InChI=1S/C10H6BrCl2NO2S/c1-5-10(17(13,15)16)9(12)7-3-2-6(11)4-8(7)14-5/h2-4H,1H3. The van der Waals surface area contributed by atoms with Crippen molar-refractivity contribution in [2.75, 3.05) is 0 Å². The van der Waals surface area contributed by atoms with Crippen LogP contribution in [0.4, 0.5) is 0 Å². The molecule has 1 heterocycles. The predicted octanol–water partition coefficient (Wildman–Crippen LogP) is 3.89. The SMILES string of the molecule is Cc1nc2cc(Br)ccc2c(Cl)c1S(=O)(=O)Cl. The molecule has 0 N–H and O–H groups in total. The summed E-state index contributed by atoms with van der Waals surface area (Å²) in [5.41, 5.74) is 0.904. The van der Waals surface area contributed by atoms with Gasteiger partial charge in [-0.05, 0) is 19.1 Å². The van der Waals surface area contributed by atoms with Crippen LogP contribution in [0.15, 0.2) is 27.6 Å². The van der Waals surface area contributed by atoms with Gasteiger partial charge in [0.25, 0.3) is 9.05 Å². The molecule has 0 aliphatic heterocycles. The molecule has 0 fully saturated rings. The van der Waals surface area contributed by atoms with Crippen LogP contribution in [-0.4, -0.2) is 13.4 Å². The highest BCUT2D eigenvalue weighted by Gasteiger charge is 2.21. The zero-order valence-electron chi connectivity index (χ0n) is 8.54. The summed E-state index contributed by atoms with van der Waals surface area (Å²) in [4.78, 5) is 4.06. The number of nitrogens with zero attached hydrogens (tertiary/aromatic N) is 1. The van der Waals surface area contributed by atoms with Crippen molar-refractivity contribution in [3.05, 3.63) is 33.4 Å². The molecule has 0 saturated heterocycles. The molecule has 0 aliphatic carbocycles. The number of hydrogen-bond donors (Lipinski definition) is 0. The van der Waals surface area contributed by atoms with Crippen molar-refractivity contribution in [2.45, 2.75) is 11.8 Å². The molecule has 0 spiro atoms. The highest BCUT2D eigenvalue weighted by molar-refractivity contribution is 9.10. The maximum Gasteiger partial charge on any atom is 0.264 e. The van der Waals surface area contributed by atoms with Gasteiger partial charge in [0.15, 0.2) is 0 Å². The summed E-state index contributed by atoms with van der Waals surface area (Å²) in [6.07, 6.45) is 0. The minimum Gasteiger partial charge on any atom is -0.252 e. The maximum atomic E-state index is 11.4. The monoisotopic (exact) mass is 353 g/mol. The molecule has 7 heteroatoms. The number of pyridine rings is 1. The van der Waals surface area contributed by atoms with E-state index in [9.17, 15) is 8.42 Å². The van der Waals surface area contributed by atoms with Crippen LogP contribution >= 0.6 is 38.2 Å². The Morgan fingerprint density at radius 1 is 1.35 bits per heavy atom. The minimum absolute atomic E-state index is 0.106. The Bertz CT molecular complexity index is 716. The van der Waals surface area contributed by atoms with Crippen molar-refractivity contribution in [2.24, 2.45) is 0 Å². The Labute approximate surface area is 116 Å². The van der Waals surface area contributed by atoms with Gasteiger partial charge < -0.3 is 0 Å². The predicted molar refractivity (Wildman–Crippen MR) is 72.2 cm³/mol. The van der Waals surface area contributed by atoms with E-state index < -0.39 is 9.05 Å². The van der Waals surface area contributed by atoms with Gasteiger partial charge in [-0.2, -0.15) is 0 Å². The topological polar surface area (TPSA) is 47.0 Å². The van der Waals surface area contributed by atoms with Gasteiger partial charge in [-0.25, -0.2) is 8.42 Å². The van der Waals surface area contributed by atoms with Gasteiger partial charge in [0, 0.05) is 20.5 Å². The van der Waals surface area contributed by atoms with Crippen LogP contribution in [0, 0.1) is 6.92 Å². The first-order valence-electron chi connectivity index (χ1n) is 4.50. The summed E-state index contributed by atoms with van der Waals surface area (Å²) in [7, 11) is 1.44. The fraction of sp³-hybridized carbons (Fsp3) is 0.100. The lowest BCUT2D eigenvalue weighted by molar-refractivity contribution is 0.608. The van der Waals surface area contributed by atoms with Gasteiger partial charge in [-0.1, -0.05) is 33.6 Å². The lowest BCUT2D eigenvalue weighted by Gasteiger charge is -2.08. The smallest absolute Gasteiger partial charge is 0.252 e. The molecule has 2 aromatic rings. The van der Waals surface area contributed by atoms with Crippen LogP contribution in [-0.2, 0) is 9.05 Å². The van der Waals surface area contributed by atoms with E-state index >= 15 is 0 Å². The van der Waals surface area contributed by atoms with E-state index in [4.69, 9.17) is 22.3 Å². The molecule has 0 aliphatic rings. The molecule has 1 aromatic carbocycles. The van der Waals surface area contributed by atoms with E-state index in [0.29, 0.717) is 10.9 Å². The molecule has 90 valence electrons. The number of hydrogen-bond acceptors (Lipinski definition) is 3. The summed E-state index contributed by atoms with van der Waals surface area (Å²) in [5, 5.41) is 0.662. The molecule has 1 aromatic heterocycles. The zero-order valence-corrected chi connectivity index (χ0v) is 12.5. The van der Waals surface area contributed by atoms with E-state index in [0.717, 1.165) is 4.47 Å². The normalized spacial score (nSPS) is 12.0. The van der Waals surface area contributed by atoms with Crippen molar-refractivity contribution >= 4 is 58.2 Å². The average Bonchev–Trinajstić information content (AvgIpc) is 2.13. The quantitative estimate of drug-likeness (QED) is 0.730. The fourth-order valence-electron chi connectivity index (χ4n) is 1.58. The van der Waals surface area contributed by atoms with Crippen molar-refractivity contribution in [1.29, 1.82) is 0 Å². The van der Waals surface area contributed by atoms with E-state index in [1.807, 2.05) is 0 Å². The van der Waals surface area contributed by atoms with Crippen LogP contribution in [0.5, 0.6) is 0 Å². The number of aryl methyl sites for hydroxylation is 1. The molecule has 0 atom stereocenters. The summed E-state index contributed by atoms with van der Waals surface area (Å²) in [6, 6.07) is 5.22. The van der Waals surface area contributed by atoms with Gasteiger partial charge in [0.2, 0.25) is 0 Å². The average molecular weight is 355 g/mol. The number of rotatable bonds is 1. The summed E-state index contributed by atoms with van der Waals surface area (Å²) in [5.74, 6) is 0. The number of halogens is 3. The van der Waals surface area contributed by atoms with Crippen LogP contribution in [0.3, 0.4) is 0 Å². The lowest BCUT2D eigenvalue weighted by Crippen LogP contribution is -1.99. The van der Waals surface area contributed by atoms with Crippen molar-refractivity contribution in [3.8, 4) is 0 Å². The van der Waals surface area contributed by atoms with Gasteiger partial charge in [-0.3, -0.25) is 4.98 Å².